The molecule has 3 rings (SSSR count). The fourth-order valence-electron chi connectivity index (χ4n) is 3.71. The number of benzene rings is 2. The number of aryl methyl sites for hydroxylation is 2. The maximum atomic E-state index is 12.5. The molecular formula is C24H31N5O4. The number of nitrogens with one attached hydrogen (secondary N) is 3. The minimum absolute atomic E-state index is 0.0474. The Morgan fingerprint density at radius 1 is 0.818 bits per heavy atom. The van der Waals surface area contributed by atoms with Crippen molar-refractivity contribution < 1.29 is 19.1 Å². The number of nitrogens with zero attached hydrogens (tertiary/aromatic N) is 2. The molecule has 0 atom stereocenters. The first-order valence-corrected chi connectivity index (χ1v) is 10.9. The highest BCUT2D eigenvalue weighted by atomic mass is 16.5. The zero-order chi connectivity index (χ0) is 23.8. The van der Waals surface area contributed by atoms with Crippen LogP contribution in [0.1, 0.15) is 11.1 Å². The van der Waals surface area contributed by atoms with Gasteiger partial charge >= 0.3 is 6.03 Å². The molecule has 4 amide bonds. The fourth-order valence-corrected chi connectivity index (χ4v) is 3.71. The molecule has 9 nitrogen and oxygen atoms in total. The molecule has 9 heteroatoms. The second-order valence-corrected chi connectivity index (χ2v) is 8.10. The first kappa shape index (κ1) is 24.2. The summed E-state index contributed by atoms with van der Waals surface area (Å²) in [7, 11) is 1.56. The molecule has 176 valence electrons. The third kappa shape index (κ3) is 7.30. The standard InChI is InChI=1S/C24H31N5O4/c1-17-5-4-6-18(2)23(17)26-21(30)15-28-11-13-29(14-12-28)16-22(31)27-24(32)25-19-7-9-20(33-3)10-8-19/h4-10H,11-16H2,1-3H3,(H,26,30)(H2,25,27,31,32). The van der Waals surface area contributed by atoms with Crippen LogP contribution in [-0.2, 0) is 9.59 Å². The van der Waals surface area contributed by atoms with Crippen LogP contribution in [0.2, 0.25) is 0 Å². The van der Waals surface area contributed by atoms with E-state index in [-0.39, 0.29) is 18.4 Å². The van der Waals surface area contributed by atoms with Gasteiger partial charge in [-0.1, -0.05) is 18.2 Å². The van der Waals surface area contributed by atoms with Gasteiger partial charge in [-0.05, 0) is 49.2 Å². The Bertz CT molecular complexity index is 965. The lowest BCUT2D eigenvalue weighted by Crippen LogP contribution is -2.51. The number of carbonyl (C=O) groups is 3. The van der Waals surface area contributed by atoms with Crippen LogP contribution in [0.3, 0.4) is 0 Å². The summed E-state index contributed by atoms with van der Waals surface area (Å²) in [4.78, 5) is 40.8. The van der Waals surface area contributed by atoms with Gasteiger partial charge < -0.3 is 15.4 Å². The van der Waals surface area contributed by atoms with E-state index in [0.717, 1.165) is 16.8 Å². The van der Waals surface area contributed by atoms with Gasteiger partial charge in [0.25, 0.3) is 0 Å². The van der Waals surface area contributed by atoms with Crippen LogP contribution in [0.25, 0.3) is 0 Å². The Labute approximate surface area is 194 Å². The quantitative estimate of drug-likeness (QED) is 0.594. The number of piperazine rings is 1. The first-order valence-electron chi connectivity index (χ1n) is 10.9. The van der Waals surface area contributed by atoms with Gasteiger partial charge in [-0.3, -0.25) is 24.7 Å². The first-order chi connectivity index (χ1) is 15.8. The molecule has 2 aromatic rings. The van der Waals surface area contributed by atoms with Gasteiger partial charge in [-0.2, -0.15) is 0 Å². The van der Waals surface area contributed by atoms with E-state index in [1.165, 1.54) is 0 Å². The Morgan fingerprint density at radius 2 is 1.36 bits per heavy atom. The third-order valence-corrected chi connectivity index (χ3v) is 5.55. The number of amides is 4. The van der Waals surface area contributed by atoms with Crippen LogP contribution in [0.5, 0.6) is 5.75 Å². The molecule has 3 N–H and O–H groups in total. The zero-order valence-corrected chi connectivity index (χ0v) is 19.3. The molecule has 1 saturated heterocycles. The zero-order valence-electron chi connectivity index (χ0n) is 19.3. The minimum Gasteiger partial charge on any atom is -0.497 e. The highest BCUT2D eigenvalue weighted by molar-refractivity contribution is 6.01. The summed E-state index contributed by atoms with van der Waals surface area (Å²) in [6.07, 6.45) is 0. The van der Waals surface area contributed by atoms with Gasteiger partial charge in [0.05, 0.1) is 20.2 Å². The van der Waals surface area contributed by atoms with Crippen molar-refractivity contribution in [3.63, 3.8) is 0 Å². The topological polar surface area (TPSA) is 103 Å². The summed E-state index contributed by atoms with van der Waals surface area (Å²) in [6, 6.07) is 12.2. The van der Waals surface area contributed by atoms with E-state index < -0.39 is 6.03 Å². The van der Waals surface area contributed by atoms with Gasteiger partial charge in [-0.25, -0.2) is 4.79 Å². The van der Waals surface area contributed by atoms with Crippen LogP contribution >= 0.6 is 0 Å². The van der Waals surface area contributed by atoms with Crippen molar-refractivity contribution in [3.8, 4) is 5.75 Å². The predicted octanol–water partition coefficient (Wildman–Crippen LogP) is 2.22. The molecule has 1 aliphatic rings. The van der Waals surface area contributed by atoms with Gasteiger partial charge in [0, 0.05) is 37.6 Å². The van der Waals surface area contributed by atoms with E-state index in [0.29, 0.717) is 44.2 Å². The summed E-state index contributed by atoms with van der Waals surface area (Å²) in [5.74, 6) is 0.259. The van der Waals surface area contributed by atoms with E-state index in [2.05, 4.69) is 20.9 Å². The Hall–Kier alpha value is -3.43. The average molecular weight is 454 g/mol. The molecule has 1 heterocycles. The van der Waals surface area contributed by atoms with Crippen LogP contribution in [-0.4, -0.2) is 74.0 Å². The number of anilines is 2. The minimum atomic E-state index is -0.577. The van der Waals surface area contributed by atoms with E-state index in [9.17, 15) is 14.4 Å². The van der Waals surface area contributed by atoms with Gasteiger partial charge in [-0.15, -0.1) is 0 Å². The maximum absolute atomic E-state index is 12.5. The molecule has 0 radical (unpaired) electrons. The normalized spacial score (nSPS) is 14.4. The summed E-state index contributed by atoms with van der Waals surface area (Å²) in [5, 5.41) is 7.97. The van der Waals surface area contributed by atoms with E-state index in [4.69, 9.17) is 4.74 Å². The molecule has 1 fully saturated rings. The highest BCUT2D eigenvalue weighted by Crippen LogP contribution is 2.19. The Kier molecular flexibility index (Phi) is 8.39. The van der Waals surface area contributed by atoms with Gasteiger partial charge in [0.1, 0.15) is 5.75 Å². The molecule has 0 bridgehead atoms. The number of hydrogen-bond acceptors (Lipinski definition) is 6. The van der Waals surface area contributed by atoms with Crippen molar-refractivity contribution in [2.24, 2.45) is 0 Å². The molecule has 0 saturated carbocycles. The van der Waals surface area contributed by atoms with Crippen LogP contribution in [0.4, 0.5) is 16.2 Å². The van der Waals surface area contributed by atoms with E-state index >= 15 is 0 Å². The number of methoxy groups -OCH3 is 1. The number of imide groups is 1. The lowest BCUT2D eigenvalue weighted by Gasteiger charge is -2.33. The molecule has 0 spiro atoms. The second-order valence-electron chi connectivity index (χ2n) is 8.10. The smallest absolute Gasteiger partial charge is 0.325 e. The highest BCUT2D eigenvalue weighted by Gasteiger charge is 2.21. The van der Waals surface area contributed by atoms with Gasteiger partial charge in [0.2, 0.25) is 11.8 Å². The molecule has 0 aromatic heterocycles. The Morgan fingerprint density at radius 3 is 1.91 bits per heavy atom. The summed E-state index contributed by atoms with van der Waals surface area (Å²) >= 11 is 0. The number of ether oxygens (including phenoxy) is 1. The molecule has 0 unspecified atom stereocenters. The number of hydrogen-bond donors (Lipinski definition) is 3. The molecule has 2 aromatic carbocycles. The van der Waals surface area contributed by atoms with Crippen molar-refractivity contribution in [3.05, 3.63) is 53.6 Å². The largest absolute Gasteiger partial charge is 0.497 e. The molecule has 0 aliphatic carbocycles. The summed E-state index contributed by atoms with van der Waals surface area (Å²) in [6.45, 7) is 7.01. The predicted molar refractivity (Wildman–Crippen MR) is 128 cm³/mol. The number of urea groups is 1. The number of para-hydroxylation sites is 1. The van der Waals surface area contributed by atoms with Crippen molar-refractivity contribution in [1.29, 1.82) is 0 Å². The van der Waals surface area contributed by atoms with Crippen LogP contribution in [0.15, 0.2) is 42.5 Å². The SMILES string of the molecule is COc1ccc(NC(=O)NC(=O)CN2CCN(CC(=O)Nc3c(C)cccc3C)CC2)cc1. The number of carbonyl (C=O) groups excluding carboxylic acids is 3. The fraction of sp³-hybridized carbons (Fsp3) is 0.375. The Balaban J connectivity index is 1.37. The van der Waals surface area contributed by atoms with Crippen LogP contribution < -0.4 is 20.7 Å². The monoisotopic (exact) mass is 453 g/mol. The van der Waals surface area contributed by atoms with Crippen molar-refractivity contribution in [2.45, 2.75) is 13.8 Å². The number of rotatable bonds is 7. The average Bonchev–Trinajstić information content (AvgIpc) is 2.78. The third-order valence-electron chi connectivity index (χ3n) is 5.55. The molecule has 33 heavy (non-hydrogen) atoms. The lowest BCUT2D eigenvalue weighted by atomic mass is 10.1. The lowest BCUT2D eigenvalue weighted by molar-refractivity contribution is -0.122. The van der Waals surface area contributed by atoms with Crippen LogP contribution in [0, 0.1) is 13.8 Å². The van der Waals surface area contributed by atoms with Gasteiger partial charge in [0.15, 0.2) is 0 Å². The molecular weight excluding hydrogens is 422 g/mol. The van der Waals surface area contributed by atoms with Crippen molar-refractivity contribution in [1.82, 2.24) is 15.1 Å². The van der Waals surface area contributed by atoms with Crippen molar-refractivity contribution >= 4 is 29.2 Å². The van der Waals surface area contributed by atoms with E-state index in [1.54, 1.807) is 31.4 Å². The maximum Gasteiger partial charge on any atom is 0.325 e. The summed E-state index contributed by atoms with van der Waals surface area (Å²) in [5.41, 5.74) is 3.50. The molecule has 1 aliphatic heterocycles. The van der Waals surface area contributed by atoms with E-state index in [1.807, 2.05) is 36.9 Å². The summed E-state index contributed by atoms with van der Waals surface area (Å²) < 4.78 is 5.07. The van der Waals surface area contributed by atoms with Crippen molar-refractivity contribution in [2.75, 3.05) is 57.0 Å². The second kappa shape index (κ2) is 11.4.